The molecule has 1 N–H and O–H groups in total. The van der Waals surface area contributed by atoms with Gasteiger partial charge in [0.2, 0.25) is 5.91 Å². The molecule has 0 atom stereocenters. The Kier molecular flexibility index (Phi) is 5.12. The van der Waals surface area contributed by atoms with E-state index in [9.17, 15) is 4.79 Å². The highest BCUT2D eigenvalue weighted by molar-refractivity contribution is 5.76. The van der Waals surface area contributed by atoms with E-state index < -0.39 is 0 Å². The number of nitrogens with zero attached hydrogens (tertiary/aromatic N) is 3. The Balaban J connectivity index is 1.80. The van der Waals surface area contributed by atoms with E-state index in [2.05, 4.69) is 10.4 Å². The molecule has 2 aromatic heterocycles. The highest BCUT2D eigenvalue weighted by Gasteiger charge is 2.08. The van der Waals surface area contributed by atoms with Gasteiger partial charge in [0.1, 0.15) is 0 Å². The second kappa shape index (κ2) is 7.05. The molecule has 1 amide bonds. The number of hydrogen-bond acceptors (Lipinski definition) is 3. The average Bonchev–Trinajstić information content (AvgIpc) is 2.88. The maximum absolute atomic E-state index is 11.8. The zero-order valence-corrected chi connectivity index (χ0v) is 12.2. The van der Waals surface area contributed by atoms with E-state index in [1.807, 2.05) is 53.9 Å². The molecule has 20 heavy (non-hydrogen) atoms. The van der Waals surface area contributed by atoms with Gasteiger partial charge in [-0.2, -0.15) is 5.10 Å². The Bertz CT molecular complexity index is 560. The molecule has 5 heteroatoms. The van der Waals surface area contributed by atoms with Crippen LogP contribution < -0.4 is 5.32 Å². The highest BCUT2D eigenvalue weighted by atomic mass is 16.2. The van der Waals surface area contributed by atoms with Gasteiger partial charge in [-0.3, -0.25) is 4.79 Å². The van der Waals surface area contributed by atoms with Crippen molar-refractivity contribution in [3.63, 3.8) is 0 Å². The number of amides is 1. The van der Waals surface area contributed by atoms with Gasteiger partial charge in [-0.25, -0.2) is 4.52 Å². The summed E-state index contributed by atoms with van der Waals surface area (Å²) in [4.78, 5) is 13.7. The van der Waals surface area contributed by atoms with E-state index in [1.165, 1.54) is 0 Å². The number of aromatic nitrogens is 2. The van der Waals surface area contributed by atoms with Crippen molar-refractivity contribution in [1.29, 1.82) is 0 Å². The molecule has 108 valence electrons. The van der Waals surface area contributed by atoms with Crippen LogP contribution in [0.4, 0.5) is 0 Å². The summed E-state index contributed by atoms with van der Waals surface area (Å²) in [6.45, 7) is 7.01. The number of rotatable bonds is 7. The van der Waals surface area contributed by atoms with E-state index in [0.717, 1.165) is 30.7 Å². The van der Waals surface area contributed by atoms with Gasteiger partial charge in [-0.15, -0.1) is 0 Å². The van der Waals surface area contributed by atoms with Crippen LogP contribution >= 0.6 is 0 Å². The second-order valence-electron chi connectivity index (χ2n) is 4.69. The fourth-order valence-electron chi connectivity index (χ4n) is 2.28. The van der Waals surface area contributed by atoms with Gasteiger partial charge >= 0.3 is 0 Å². The van der Waals surface area contributed by atoms with Gasteiger partial charge < -0.3 is 10.2 Å². The van der Waals surface area contributed by atoms with Crippen molar-refractivity contribution in [2.75, 3.05) is 19.6 Å². The van der Waals surface area contributed by atoms with Gasteiger partial charge in [0.25, 0.3) is 0 Å². The molecule has 0 unspecified atom stereocenters. The van der Waals surface area contributed by atoms with Gasteiger partial charge in [-0.1, -0.05) is 6.07 Å². The van der Waals surface area contributed by atoms with Crippen molar-refractivity contribution in [3.8, 4) is 0 Å². The third kappa shape index (κ3) is 3.36. The van der Waals surface area contributed by atoms with Crippen LogP contribution in [-0.4, -0.2) is 40.1 Å². The van der Waals surface area contributed by atoms with E-state index >= 15 is 0 Å². The standard InChI is InChI=1S/C15H22N4O/c1-3-18(4-2)15(20)8-9-16-11-13-12-17-19-10-6-5-7-14(13)19/h5-7,10,12,16H,3-4,8-9,11H2,1-2H3. The Morgan fingerprint density at radius 3 is 2.90 bits per heavy atom. The van der Waals surface area contributed by atoms with Crippen LogP contribution in [0.1, 0.15) is 25.8 Å². The molecular formula is C15H22N4O. The lowest BCUT2D eigenvalue weighted by Gasteiger charge is -2.18. The third-order valence-corrected chi connectivity index (χ3v) is 3.45. The summed E-state index contributed by atoms with van der Waals surface area (Å²) in [7, 11) is 0. The topological polar surface area (TPSA) is 49.6 Å². The molecule has 0 aliphatic rings. The number of carbonyl (C=O) groups excluding carboxylic acids is 1. The largest absolute Gasteiger partial charge is 0.343 e. The van der Waals surface area contributed by atoms with E-state index in [1.54, 1.807) is 0 Å². The summed E-state index contributed by atoms with van der Waals surface area (Å²) in [5.41, 5.74) is 2.26. The van der Waals surface area contributed by atoms with Gasteiger partial charge in [0.15, 0.2) is 0 Å². The number of pyridine rings is 1. The molecular weight excluding hydrogens is 252 g/mol. The SMILES string of the molecule is CCN(CC)C(=O)CCNCc1cnn2ccccc12. The minimum atomic E-state index is 0.211. The Morgan fingerprint density at radius 1 is 1.35 bits per heavy atom. The summed E-state index contributed by atoms with van der Waals surface area (Å²) < 4.78 is 1.86. The van der Waals surface area contributed by atoms with Crippen molar-refractivity contribution in [2.24, 2.45) is 0 Å². The molecule has 0 saturated heterocycles. The monoisotopic (exact) mass is 274 g/mol. The van der Waals surface area contributed by atoms with Crippen LogP contribution in [0.25, 0.3) is 5.52 Å². The number of hydrogen-bond donors (Lipinski definition) is 1. The smallest absolute Gasteiger partial charge is 0.223 e. The van der Waals surface area contributed by atoms with Crippen molar-refractivity contribution in [2.45, 2.75) is 26.8 Å². The number of fused-ring (bicyclic) bond motifs is 1. The van der Waals surface area contributed by atoms with Crippen molar-refractivity contribution >= 4 is 11.4 Å². The molecule has 0 spiro atoms. The minimum absolute atomic E-state index is 0.211. The molecule has 2 aromatic rings. The molecule has 5 nitrogen and oxygen atoms in total. The Morgan fingerprint density at radius 2 is 2.15 bits per heavy atom. The Hall–Kier alpha value is -1.88. The average molecular weight is 274 g/mol. The molecule has 0 bridgehead atoms. The lowest BCUT2D eigenvalue weighted by molar-refractivity contribution is -0.130. The van der Waals surface area contributed by atoms with Crippen molar-refractivity contribution in [1.82, 2.24) is 19.8 Å². The Labute approximate surface area is 119 Å². The summed E-state index contributed by atoms with van der Waals surface area (Å²) in [6.07, 6.45) is 4.35. The van der Waals surface area contributed by atoms with E-state index in [0.29, 0.717) is 13.0 Å². The van der Waals surface area contributed by atoms with Gasteiger partial charge in [0.05, 0.1) is 11.7 Å². The van der Waals surface area contributed by atoms with Gasteiger partial charge in [-0.05, 0) is 26.0 Å². The van der Waals surface area contributed by atoms with Crippen molar-refractivity contribution in [3.05, 3.63) is 36.2 Å². The predicted octanol–water partition coefficient (Wildman–Crippen LogP) is 1.68. The quantitative estimate of drug-likeness (QED) is 0.782. The second-order valence-corrected chi connectivity index (χ2v) is 4.69. The molecule has 2 heterocycles. The first-order chi connectivity index (χ1) is 9.76. The zero-order chi connectivity index (χ0) is 14.4. The summed E-state index contributed by atoms with van der Waals surface area (Å²) in [6, 6.07) is 6.01. The molecule has 2 rings (SSSR count). The molecule has 0 aliphatic carbocycles. The normalized spacial score (nSPS) is 10.9. The first kappa shape index (κ1) is 14.5. The fourth-order valence-corrected chi connectivity index (χ4v) is 2.28. The van der Waals surface area contributed by atoms with Crippen LogP contribution in [0.3, 0.4) is 0 Å². The molecule has 0 radical (unpaired) electrons. The molecule has 0 fully saturated rings. The van der Waals surface area contributed by atoms with Crippen LogP contribution in [0.5, 0.6) is 0 Å². The first-order valence-corrected chi connectivity index (χ1v) is 7.16. The molecule has 0 aromatic carbocycles. The van der Waals surface area contributed by atoms with Crippen LogP contribution in [0.2, 0.25) is 0 Å². The number of nitrogens with one attached hydrogen (secondary N) is 1. The molecule has 0 saturated carbocycles. The van der Waals surface area contributed by atoms with Crippen LogP contribution in [-0.2, 0) is 11.3 Å². The maximum Gasteiger partial charge on any atom is 0.223 e. The summed E-state index contributed by atoms with van der Waals surface area (Å²) in [5.74, 6) is 0.211. The van der Waals surface area contributed by atoms with Gasteiger partial charge in [0, 0.05) is 44.4 Å². The van der Waals surface area contributed by atoms with Crippen LogP contribution in [0.15, 0.2) is 30.6 Å². The summed E-state index contributed by atoms with van der Waals surface area (Å²) >= 11 is 0. The third-order valence-electron chi connectivity index (χ3n) is 3.45. The summed E-state index contributed by atoms with van der Waals surface area (Å²) in [5, 5.41) is 7.60. The minimum Gasteiger partial charge on any atom is -0.343 e. The molecule has 0 aliphatic heterocycles. The predicted molar refractivity (Wildman–Crippen MR) is 79.4 cm³/mol. The van der Waals surface area contributed by atoms with E-state index in [4.69, 9.17) is 0 Å². The maximum atomic E-state index is 11.8. The zero-order valence-electron chi connectivity index (χ0n) is 12.2. The fraction of sp³-hybridized carbons (Fsp3) is 0.467. The lowest BCUT2D eigenvalue weighted by Crippen LogP contribution is -2.32. The van der Waals surface area contributed by atoms with Crippen LogP contribution in [0, 0.1) is 0 Å². The lowest BCUT2D eigenvalue weighted by atomic mass is 10.2. The number of carbonyl (C=O) groups is 1. The first-order valence-electron chi connectivity index (χ1n) is 7.16. The van der Waals surface area contributed by atoms with E-state index in [-0.39, 0.29) is 5.91 Å². The highest BCUT2D eigenvalue weighted by Crippen LogP contribution is 2.09. The van der Waals surface area contributed by atoms with Crippen molar-refractivity contribution < 1.29 is 4.79 Å².